The topological polar surface area (TPSA) is 144 Å². The van der Waals surface area contributed by atoms with Gasteiger partial charge in [0.2, 0.25) is 0 Å². The van der Waals surface area contributed by atoms with Crippen LogP contribution in [-0.2, 0) is 9.59 Å². The zero-order valence-corrected chi connectivity index (χ0v) is 12.9. The average Bonchev–Trinajstić information content (AvgIpc) is 2.42. The Labute approximate surface area is 129 Å². The SMILES string of the molecule is CCC(c1ccc(S([O-])(O)O)cc1)C(C(=O)[O-])C(C)C(=O)[O-]. The molecule has 3 unspecified atom stereocenters. The summed E-state index contributed by atoms with van der Waals surface area (Å²) in [5.41, 5.74) is 0.470. The predicted octanol–water partition coefficient (Wildman–Crippen LogP) is 0.172. The molecule has 0 radical (unpaired) electrons. The quantitative estimate of drug-likeness (QED) is 0.725. The van der Waals surface area contributed by atoms with E-state index in [1.807, 2.05) is 0 Å². The van der Waals surface area contributed by atoms with Crippen LogP contribution in [0.1, 0.15) is 31.7 Å². The van der Waals surface area contributed by atoms with Crippen molar-refractivity contribution in [2.45, 2.75) is 31.1 Å². The Bertz CT molecular complexity index is 535. The minimum Gasteiger partial charge on any atom is -0.769 e. The molecular weight excluding hydrogens is 312 g/mol. The number of hydrogen-bond donors (Lipinski definition) is 2. The number of carboxylic acid groups (broad SMARTS) is 2. The van der Waals surface area contributed by atoms with Crippen LogP contribution in [0.25, 0.3) is 0 Å². The van der Waals surface area contributed by atoms with Crippen molar-refractivity contribution in [2.24, 2.45) is 11.8 Å². The summed E-state index contributed by atoms with van der Waals surface area (Å²) in [7, 11) is -4.10. The summed E-state index contributed by atoms with van der Waals surface area (Å²) < 4.78 is 29.2. The van der Waals surface area contributed by atoms with Gasteiger partial charge in [-0.3, -0.25) is 0 Å². The number of rotatable bonds is 7. The van der Waals surface area contributed by atoms with E-state index in [1.54, 1.807) is 6.92 Å². The van der Waals surface area contributed by atoms with Gasteiger partial charge in [-0.15, -0.1) is 0 Å². The molecule has 0 aliphatic heterocycles. The maximum Gasteiger partial charge on any atom is 0.0457 e. The van der Waals surface area contributed by atoms with E-state index >= 15 is 0 Å². The summed E-state index contributed by atoms with van der Waals surface area (Å²) in [4.78, 5) is 22.1. The van der Waals surface area contributed by atoms with Gasteiger partial charge in [-0.2, -0.15) is 0 Å². The van der Waals surface area contributed by atoms with E-state index in [9.17, 15) is 24.4 Å². The lowest BCUT2D eigenvalue weighted by Gasteiger charge is -2.35. The second-order valence-corrected chi connectivity index (χ2v) is 6.50. The smallest absolute Gasteiger partial charge is 0.0457 e. The van der Waals surface area contributed by atoms with Gasteiger partial charge < -0.3 is 33.5 Å². The summed E-state index contributed by atoms with van der Waals surface area (Å²) in [6, 6.07) is 5.15. The van der Waals surface area contributed by atoms with E-state index in [0.717, 1.165) is 0 Å². The first-order valence-corrected chi connectivity index (χ1v) is 8.07. The lowest BCUT2D eigenvalue weighted by molar-refractivity contribution is -0.327. The van der Waals surface area contributed by atoms with Crippen LogP contribution in [0.2, 0.25) is 0 Å². The third kappa shape index (κ3) is 4.20. The second-order valence-electron chi connectivity index (χ2n) is 5.03. The Kier molecular flexibility index (Phi) is 5.95. The first-order chi connectivity index (χ1) is 10.1. The molecule has 1 aromatic carbocycles. The third-order valence-corrected chi connectivity index (χ3v) is 4.56. The highest BCUT2D eigenvalue weighted by molar-refractivity contribution is 8.19. The van der Waals surface area contributed by atoms with Crippen molar-refractivity contribution in [1.29, 1.82) is 0 Å². The number of carbonyl (C=O) groups is 2. The van der Waals surface area contributed by atoms with Crippen molar-refractivity contribution in [1.82, 2.24) is 0 Å². The normalized spacial score (nSPS) is 16.6. The van der Waals surface area contributed by atoms with Crippen molar-refractivity contribution in [3.8, 4) is 0 Å². The number of aliphatic carboxylic acids is 2. The molecule has 0 amide bonds. The molecule has 0 heterocycles. The molecule has 7 nitrogen and oxygen atoms in total. The Balaban J connectivity index is 3.18. The van der Waals surface area contributed by atoms with Crippen LogP contribution in [0, 0.1) is 11.8 Å². The Morgan fingerprint density at radius 3 is 1.95 bits per heavy atom. The molecule has 2 N–H and O–H groups in total. The Morgan fingerprint density at radius 1 is 1.14 bits per heavy atom. The average molecular weight is 329 g/mol. The minimum absolute atomic E-state index is 0.218. The summed E-state index contributed by atoms with van der Waals surface area (Å²) in [6.45, 7) is 2.93. The first-order valence-electron chi connectivity index (χ1n) is 6.60. The third-order valence-electron chi connectivity index (χ3n) is 3.67. The standard InChI is InChI=1S/C14H20O7S/c1-3-11(12(14(17)18)8(2)13(15)16)9-4-6-10(7-5-9)22(19,20)21/h4-8,11-12,19-21H,3H2,1-2H3,(H,15,16)(H,17,18)/p-3. The van der Waals surface area contributed by atoms with Gasteiger partial charge in [0, 0.05) is 28.7 Å². The summed E-state index contributed by atoms with van der Waals surface area (Å²) in [6.07, 6.45) is 0.323. The van der Waals surface area contributed by atoms with Crippen molar-refractivity contribution in [3.63, 3.8) is 0 Å². The van der Waals surface area contributed by atoms with E-state index in [-0.39, 0.29) is 4.90 Å². The van der Waals surface area contributed by atoms with Gasteiger partial charge in [-0.05, 0) is 30.0 Å². The van der Waals surface area contributed by atoms with Crippen LogP contribution in [0.4, 0.5) is 0 Å². The fraction of sp³-hybridized carbons (Fsp3) is 0.429. The van der Waals surface area contributed by atoms with Crippen LogP contribution in [0.15, 0.2) is 29.2 Å². The van der Waals surface area contributed by atoms with Gasteiger partial charge in [-0.1, -0.05) is 36.9 Å². The molecule has 0 fully saturated rings. The monoisotopic (exact) mass is 329 g/mol. The van der Waals surface area contributed by atoms with Crippen LogP contribution < -0.4 is 10.2 Å². The second kappa shape index (κ2) is 7.10. The molecule has 124 valence electrons. The molecule has 0 aromatic heterocycles. The molecule has 0 saturated carbocycles. The van der Waals surface area contributed by atoms with Crippen molar-refractivity contribution in [3.05, 3.63) is 29.8 Å². The number of carbonyl (C=O) groups excluding carboxylic acids is 2. The lowest BCUT2D eigenvalue weighted by Crippen LogP contribution is -2.45. The molecule has 1 aromatic rings. The maximum absolute atomic E-state index is 11.3. The summed E-state index contributed by atoms with van der Waals surface area (Å²) in [5, 5.41) is 22.3. The number of hydrogen-bond acceptors (Lipinski definition) is 7. The molecule has 0 spiro atoms. The molecule has 22 heavy (non-hydrogen) atoms. The molecule has 0 bridgehead atoms. The summed E-state index contributed by atoms with van der Waals surface area (Å²) in [5.74, 6) is -6.21. The molecule has 1 rings (SSSR count). The van der Waals surface area contributed by atoms with Crippen molar-refractivity contribution >= 4 is 22.8 Å². The minimum atomic E-state index is -4.10. The fourth-order valence-corrected chi connectivity index (χ4v) is 2.94. The highest BCUT2D eigenvalue weighted by atomic mass is 32.3. The maximum atomic E-state index is 11.3. The molecule has 3 atom stereocenters. The van der Waals surface area contributed by atoms with E-state index < -0.39 is 40.6 Å². The van der Waals surface area contributed by atoms with E-state index in [1.165, 1.54) is 31.2 Å². The number of carboxylic acids is 2. The molecule has 8 heteroatoms. The van der Waals surface area contributed by atoms with Gasteiger partial charge in [0.15, 0.2) is 0 Å². The molecular formula is C14H17O7S-3. The highest BCUT2D eigenvalue weighted by Gasteiger charge is 2.29. The van der Waals surface area contributed by atoms with Crippen molar-refractivity contribution < 1.29 is 33.5 Å². The van der Waals surface area contributed by atoms with Crippen LogP contribution in [0.5, 0.6) is 0 Å². The van der Waals surface area contributed by atoms with Gasteiger partial charge in [-0.25, -0.2) is 0 Å². The van der Waals surface area contributed by atoms with E-state index in [4.69, 9.17) is 9.11 Å². The molecule has 0 aliphatic rings. The Morgan fingerprint density at radius 2 is 1.64 bits per heavy atom. The molecule has 0 aliphatic carbocycles. The van der Waals surface area contributed by atoms with Gasteiger partial charge in [0.1, 0.15) is 0 Å². The zero-order valence-electron chi connectivity index (χ0n) is 12.1. The fourth-order valence-electron chi connectivity index (χ4n) is 2.45. The summed E-state index contributed by atoms with van der Waals surface area (Å²) >= 11 is 0. The van der Waals surface area contributed by atoms with E-state index in [2.05, 4.69) is 0 Å². The van der Waals surface area contributed by atoms with Gasteiger partial charge >= 0.3 is 0 Å². The molecule has 0 saturated heterocycles. The zero-order chi connectivity index (χ0) is 17.1. The van der Waals surface area contributed by atoms with Crippen LogP contribution in [-0.4, -0.2) is 25.6 Å². The lowest BCUT2D eigenvalue weighted by atomic mass is 9.77. The van der Waals surface area contributed by atoms with E-state index in [0.29, 0.717) is 12.0 Å². The Hall–Kier alpha value is -1.61. The van der Waals surface area contributed by atoms with Crippen molar-refractivity contribution in [2.75, 3.05) is 0 Å². The first kappa shape index (κ1) is 18.4. The number of benzene rings is 1. The highest BCUT2D eigenvalue weighted by Crippen LogP contribution is 2.44. The van der Waals surface area contributed by atoms with Crippen LogP contribution in [0.3, 0.4) is 0 Å². The van der Waals surface area contributed by atoms with Gasteiger partial charge in [0.25, 0.3) is 0 Å². The largest absolute Gasteiger partial charge is 0.769 e. The van der Waals surface area contributed by atoms with Gasteiger partial charge in [0.05, 0.1) is 0 Å². The van der Waals surface area contributed by atoms with Crippen LogP contribution >= 0.6 is 10.9 Å². The predicted molar refractivity (Wildman–Crippen MR) is 74.0 cm³/mol.